The van der Waals surface area contributed by atoms with Crippen LogP contribution in [-0.4, -0.2) is 32.6 Å². The maximum absolute atomic E-state index is 12.0. The highest BCUT2D eigenvalue weighted by Crippen LogP contribution is 2.28. The lowest BCUT2D eigenvalue weighted by Crippen LogP contribution is -2.24. The summed E-state index contributed by atoms with van der Waals surface area (Å²) in [4.78, 5) is 12.0. The Morgan fingerprint density at radius 2 is 2.10 bits per heavy atom. The summed E-state index contributed by atoms with van der Waals surface area (Å²) in [6.07, 6.45) is 4.32. The van der Waals surface area contributed by atoms with Gasteiger partial charge in [0.15, 0.2) is 11.5 Å². The number of aryl methyl sites for hydroxylation is 1. The Labute approximate surface area is 120 Å². The molecule has 1 aliphatic heterocycles. The molecule has 20 heavy (non-hydrogen) atoms. The topological polar surface area (TPSA) is 47.6 Å². The summed E-state index contributed by atoms with van der Waals surface area (Å²) in [6, 6.07) is 6.22. The molecule has 110 valence electrons. The van der Waals surface area contributed by atoms with Crippen LogP contribution >= 0.6 is 0 Å². The Morgan fingerprint density at radius 1 is 1.30 bits per heavy atom. The maximum Gasteiger partial charge on any atom is 0.160 e. The Bertz CT molecular complexity index is 453. The van der Waals surface area contributed by atoms with Crippen LogP contribution in [0.4, 0.5) is 0 Å². The normalized spacial score (nSPS) is 18.0. The van der Waals surface area contributed by atoms with Crippen molar-refractivity contribution in [2.45, 2.75) is 38.1 Å². The third kappa shape index (κ3) is 3.97. The second-order valence-electron chi connectivity index (χ2n) is 5.23. The lowest BCUT2D eigenvalue weighted by Gasteiger charge is -2.10. The predicted molar refractivity (Wildman–Crippen MR) is 78.5 cm³/mol. The molecule has 1 saturated heterocycles. The minimum atomic E-state index is 0.333. The number of nitrogens with one attached hydrogen (secondary N) is 1. The minimum absolute atomic E-state index is 0.333. The first-order valence-corrected chi connectivity index (χ1v) is 7.19. The van der Waals surface area contributed by atoms with E-state index in [9.17, 15) is 4.79 Å². The summed E-state index contributed by atoms with van der Waals surface area (Å²) in [6.45, 7) is 1.05. The van der Waals surface area contributed by atoms with Gasteiger partial charge in [0.1, 0.15) is 5.78 Å². The Balaban J connectivity index is 1.85. The minimum Gasteiger partial charge on any atom is -0.493 e. The lowest BCUT2D eigenvalue weighted by atomic mass is 10.0. The number of hydrogen-bond acceptors (Lipinski definition) is 4. The van der Waals surface area contributed by atoms with Gasteiger partial charge >= 0.3 is 0 Å². The van der Waals surface area contributed by atoms with E-state index in [4.69, 9.17) is 9.47 Å². The van der Waals surface area contributed by atoms with E-state index in [0.29, 0.717) is 24.7 Å². The van der Waals surface area contributed by atoms with Gasteiger partial charge in [0.25, 0.3) is 0 Å². The van der Waals surface area contributed by atoms with Crippen molar-refractivity contribution in [3.63, 3.8) is 0 Å². The van der Waals surface area contributed by atoms with Crippen molar-refractivity contribution >= 4 is 5.78 Å². The van der Waals surface area contributed by atoms with Crippen molar-refractivity contribution in [1.29, 1.82) is 0 Å². The number of rotatable bonds is 7. The van der Waals surface area contributed by atoms with Gasteiger partial charge in [0.2, 0.25) is 0 Å². The van der Waals surface area contributed by atoms with E-state index in [1.54, 1.807) is 14.2 Å². The van der Waals surface area contributed by atoms with Gasteiger partial charge < -0.3 is 14.8 Å². The number of benzene rings is 1. The zero-order valence-electron chi connectivity index (χ0n) is 12.3. The largest absolute Gasteiger partial charge is 0.493 e. The Morgan fingerprint density at radius 3 is 2.75 bits per heavy atom. The quantitative estimate of drug-likeness (QED) is 0.831. The van der Waals surface area contributed by atoms with Gasteiger partial charge in [0, 0.05) is 18.9 Å². The van der Waals surface area contributed by atoms with Crippen LogP contribution in [-0.2, 0) is 11.2 Å². The molecule has 1 atom stereocenters. The fourth-order valence-electron chi connectivity index (χ4n) is 2.63. The van der Waals surface area contributed by atoms with E-state index in [-0.39, 0.29) is 0 Å². The van der Waals surface area contributed by atoms with Gasteiger partial charge in [-0.2, -0.15) is 0 Å². The summed E-state index contributed by atoms with van der Waals surface area (Å²) in [5, 5.41) is 3.36. The van der Waals surface area contributed by atoms with E-state index >= 15 is 0 Å². The van der Waals surface area contributed by atoms with Crippen molar-refractivity contribution in [2.24, 2.45) is 0 Å². The van der Waals surface area contributed by atoms with Crippen molar-refractivity contribution < 1.29 is 14.3 Å². The molecule has 0 aliphatic carbocycles. The second-order valence-corrected chi connectivity index (χ2v) is 5.23. The van der Waals surface area contributed by atoms with Crippen LogP contribution in [0.3, 0.4) is 0 Å². The summed E-state index contributed by atoms with van der Waals surface area (Å²) < 4.78 is 10.5. The molecule has 2 rings (SSSR count). The second kappa shape index (κ2) is 7.29. The molecule has 0 radical (unpaired) electrons. The van der Waals surface area contributed by atoms with Crippen molar-refractivity contribution in [2.75, 3.05) is 20.8 Å². The standard InChI is InChI=1S/C16H23NO3/c1-19-15-8-6-12(10-16(15)20-2)5-7-14(18)11-13-4-3-9-17-13/h6,8,10,13,17H,3-5,7,9,11H2,1-2H3/t13-/m1/s1. The highest BCUT2D eigenvalue weighted by Gasteiger charge is 2.17. The van der Waals surface area contributed by atoms with Crippen LogP contribution in [0.1, 0.15) is 31.2 Å². The van der Waals surface area contributed by atoms with Crippen LogP contribution < -0.4 is 14.8 Å². The molecule has 0 aromatic heterocycles. The monoisotopic (exact) mass is 277 g/mol. The first kappa shape index (κ1) is 14.9. The van der Waals surface area contributed by atoms with Crippen molar-refractivity contribution in [3.8, 4) is 11.5 Å². The number of hydrogen-bond donors (Lipinski definition) is 1. The van der Waals surface area contributed by atoms with Gasteiger partial charge in [-0.25, -0.2) is 0 Å². The van der Waals surface area contributed by atoms with Crippen LogP contribution in [0, 0.1) is 0 Å². The molecule has 1 aromatic carbocycles. The number of Topliss-reactive ketones (excluding diaryl/α,β-unsaturated/α-hetero) is 1. The molecular formula is C16H23NO3. The zero-order valence-corrected chi connectivity index (χ0v) is 12.3. The molecule has 0 saturated carbocycles. The van der Waals surface area contributed by atoms with Gasteiger partial charge in [0.05, 0.1) is 14.2 Å². The smallest absolute Gasteiger partial charge is 0.160 e. The molecule has 1 N–H and O–H groups in total. The number of carbonyl (C=O) groups is 1. The SMILES string of the molecule is COc1ccc(CCC(=O)C[C@H]2CCCN2)cc1OC. The number of carbonyl (C=O) groups excluding carboxylic acids is 1. The van der Waals surface area contributed by atoms with E-state index in [1.807, 2.05) is 18.2 Å². The van der Waals surface area contributed by atoms with E-state index in [2.05, 4.69) is 5.32 Å². The molecule has 1 aromatic rings. The van der Waals surface area contributed by atoms with Crippen molar-refractivity contribution in [3.05, 3.63) is 23.8 Å². The third-order valence-corrected chi connectivity index (χ3v) is 3.78. The van der Waals surface area contributed by atoms with Crippen LogP contribution in [0.5, 0.6) is 11.5 Å². The highest BCUT2D eigenvalue weighted by atomic mass is 16.5. The van der Waals surface area contributed by atoms with Gasteiger partial charge in [-0.15, -0.1) is 0 Å². The summed E-state index contributed by atoms with van der Waals surface area (Å²) in [7, 11) is 3.24. The number of ether oxygens (including phenoxy) is 2. The molecule has 4 nitrogen and oxygen atoms in total. The van der Waals surface area contributed by atoms with Crippen molar-refractivity contribution in [1.82, 2.24) is 5.32 Å². The number of methoxy groups -OCH3 is 2. The van der Waals surface area contributed by atoms with Crippen LogP contribution in [0.15, 0.2) is 18.2 Å². The third-order valence-electron chi connectivity index (χ3n) is 3.78. The van der Waals surface area contributed by atoms with Gasteiger partial charge in [-0.3, -0.25) is 4.79 Å². The van der Waals surface area contributed by atoms with Gasteiger partial charge in [-0.05, 0) is 43.5 Å². The van der Waals surface area contributed by atoms with E-state index in [0.717, 1.165) is 36.4 Å². The highest BCUT2D eigenvalue weighted by molar-refractivity contribution is 5.79. The molecular weight excluding hydrogens is 254 g/mol. The van der Waals surface area contributed by atoms with E-state index in [1.165, 1.54) is 6.42 Å². The summed E-state index contributed by atoms with van der Waals surface area (Å²) in [5.41, 5.74) is 1.11. The fraction of sp³-hybridized carbons (Fsp3) is 0.562. The molecule has 0 amide bonds. The molecule has 4 heteroatoms. The van der Waals surface area contributed by atoms with Crippen LogP contribution in [0.2, 0.25) is 0 Å². The Kier molecular flexibility index (Phi) is 5.41. The fourth-order valence-corrected chi connectivity index (χ4v) is 2.63. The molecule has 0 bridgehead atoms. The zero-order chi connectivity index (χ0) is 14.4. The number of ketones is 1. The average molecular weight is 277 g/mol. The molecule has 0 spiro atoms. The molecule has 0 unspecified atom stereocenters. The van der Waals surface area contributed by atoms with Crippen LogP contribution in [0.25, 0.3) is 0 Å². The first-order chi connectivity index (χ1) is 9.72. The average Bonchev–Trinajstić information content (AvgIpc) is 2.97. The summed E-state index contributed by atoms with van der Waals surface area (Å²) >= 11 is 0. The maximum atomic E-state index is 12.0. The molecule has 1 heterocycles. The molecule has 1 fully saturated rings. The summed E-state index contributed by atoms with van der Waals surface area (Å²) in [5.74, 6) is 1.77. The van der Waals surface area contributed by atoms with E-state index < -0.39 is 0 Å². The first-order valence-electron chi connectivity index (χ1n) is 7.19. The molecule has 1 aliphatic rings. The lowest BCUT2D eigenvalue weighted by molar-refractivity contribution is -0.119. The Hall–Kier alpha value is -1.55. The predicted octanol–water partition coefficient (Wildman–Crippen LogP) is 2.35. The van der Waals surface area contributed by atoms with Gasteiger partial charge in [-0.1, -0.05) is 6.07 Å².